The van der Waals surface area contributed by atoms with Gasteiger partial charge in [0.2, 0.25) is 0 Å². The van der Waals surface area contributed by atoms with Gasteiger partial charge in [-0.25, -0.2) is 4.79 Å². The van der Waals surface area contributed by atoms with E-state index >= 15 is 0 Å². The van der Waals surface area contributed by atoms with Gasteiger partial charge in [0.05, 0.1) is 17.8 Å². The molecule has 0 saturated carbocycles. The van der Waals surface area contributed by atoms with Crippen molar-refractivity contribution in [1.82, 2.24) is 10.6 Å². The summed E-state index contributed by atoms with van der Waals surface area (Å²) in [6, 6.07) is 11.8. The summed E-state index contributed by atoms with van der Waals surface area (Å²) in [6.45, 7) is 2.51. The van der Waals surface area contributed by atoms with Gasteiger partial charge < -0.3 is 20.7 Å². The van der Waals surface area contributed by atoms with E-state index in [9.17, 15) is 9.59 Å². The topological polar surface area (TPSA) is 79.5 Å². The second kappa shape index (κ2) is 8.94. The Hall–Kier alpha value is -2.73. The Bertz CT molecular complexity index is 748. The molecule has 0 aliphatic carbocycles. The van der Waals surface area contributed by atoms with E-state index < -0.39 is 0 Å². The molecule has 0 atom stereocenters. The molecule has 0 spiro atoms. The Morgan fingerprint density at radius 2 is 1.72 bits per heavy atom. The molecular weight excluding hydrogens is 342 g/mol. The summed E-state index contributed by atoms with van der Waals surface area (Å²) in [5.41, 5.74) is 2.07. The minimum absolute atomic E-state index is 0.216. The van der Waals surface area contributed by atoms with Gasteiger partial charge in [0.1, 0.15) is 5.75 Å². The molecule has 0 aromatic heterocycles. The summed E-state index contributed by atoms with van der Waals surface area (Å²) in [5.74, 6) is 0.469. The number of benzene rings is 2. The molecule has 0 unspecified atom stereocenters. The molecule has 6 nitrogen and oxygen atoms in total. The first kappa shape index (κ1) is 18.6. The zero-order valence-electron chi connectivity index (χ0n) is 14.1. The van der Waals surface area contributed by atoms with E-state index in [1.165, 1.54) is 0 Å². The van der Waals surface area contributed by atoms with Crippen LogP contribution in [0.5, 0.6) is 5.75 Å². The number of halogens is 1. The second-order valence-corrected chi connectivity index (χ2v) is 5.76. The second-order valence-electron chi connectivity index (χ2n) is 5.35. The van der Waals surface area contributed by atoms with Crippen LogP contribution in [0.2, 0.25) is 5.02 Å². The van der Waals surface area contributed by atoms with Crippen molar-refractivity contribution in [2.75, 3.05) is 25.5 Å². The molecule has 2 aromatic rings. The lowest BCUT2D eigenvalue weighted by Crippen LogP contribution is -2.36. The van der Waals surface area contributed by atoms with Crippen molar-refractivity contribution in [3.8, 4) is 5.75 Å². The van der Waals surface area contributed by atoms with E-state index in [1.807, 2.05) is 13.0 Å². The Morgan fingerprint density at radius 1 is 1.04 bits per heavy atom. The molecule has 0 fully saturated rings. The van der Waals surface area contributed by atoms with Crippen molar-refractivity contribution in [3.05, 3.63) is 58.6 Å². The van der Waals surface area contributed by atoms with Crippen LogP contribution in [0.15, 0.2) is 42.5 Å². The van der Waals surface area contributed by atoms with Gasteiger partial charge in [-0.15, -0.1) is 0 Å². The molecule has 3 N–H and O–H groups in total. The fourth-order valence-corrected chi connectivity index (χ4v) is 2.37. The lowest BCUT2D eigenvalue weighted by atomic mass is 10.2. The van der Waals surface area contributed by atoms with Crippen LogP contribution in [0.3, 0.4) is 0 Å². The number of hydrogen-bond donors (Lipinski definition) is 3. The lowest BCUT2D eigenvalue weighted by molar-refractivity contribution is 0.0954. The minimum Gasteiger partial charge on any atom is -0.497 e. The van der Waals surface area contributed by atoms with Crippen LogP contribution in [-0.2, 0) is 0 Å². The fraction of sp³-hybridized carbons (Fsp3) is 0.222. The van der Waals surface area contributed by atoms with Crippen molar-refractivity contribution < 1.29 is 14.3 Å². The molecule has 2 rings (SSSR count). The maximum absolute atomic E-state index is 12.0. The number of amides is 3. The van der Waals surface area contributed by atoms with Gasteiger partial charge in [-0.2, -0.15) is 0 Å². The SMILES string of the molecule is COc1ccc(C(=O)NCCNC(=O)Nc2ccc(C)cc2Cl)cc1. The Kier molecular flexibility index (Phi) is 6.65. The van der Waals surface area contributed by atoms with Crippen molar-refractivity contribution in [1.29, 1.82) is 0 Å². The Labute approximate surface area is 151 Å². The predicted octanol–water partition coefficient (Wildman–Crippen LogP) is 3.21. The Balaban J connectivity index is 1.72. The maximum atomic E-state index is 12.0. The van der Waals surface area contributed by atoms with E-state index in [0.29, 0.717) is 28.6 Å². The number of anilines is 1. The van der Waals surface area contributed by atoms with Gasteiger partial charge in [0.15, 0.2) is 0 Å². The van der Waals surface area contributed by atoms with Crippen molar-refractivity contribution >= 4 is 29.2 Å². The van der Waals surface area contributed by atoms with Crippen molar-refractivity contribution in [3.63, 3.8) is 0 Å². The quantitative estimate of drug-likeness (QED) is 0.691. The van der Waals surface area contributed by atoms with Crippen LogP contribution < -0.4 is 20.7 Å². The lowest BCUT2D eigenvalue weighted by Gasteiger charge is -2.10. The summed E-state index contributed by atoms with van der Waals surface area (Å²) in [4.78, 5) is 23.8. The van der Waals surface area contributed by atoms with Gasteiger partial charge >= 0.3 is 6.03 Å². The highest BCUT2D eigenvalue weighted by Crippen LogP contribution is 2.22. The molecule has 0 heterocycles. The number of aryl methyl sites for hydroxylation is 1. The molecule has 0 aliphatic rings. The normalized spacial score (nSPS) is 10.0. The number of hydrogen-bond acceptors (Lipinski definition) is 3. The first-order chi connectivity index (χ1) is 12.0. The fourth-order valence-electron chi connectivity index (χ4n) is 2.08. The number of methoxy groups -OCH3 is 1. The third kappa shape index (κ3) is 5.69. The zero-order chi connectivity index (χ0) is 18.2. The summed E-state index contributed by atoms with van der Waals surface area (Å²) in [6.07, 6.45) is 0. The zero-order valence-corrected chi connectivity index (χ0v) is 14.8. The molecule has 25 heavy (non-hydrogen) atoms. The van der Waals surface area contributed by atoms with E-state index in [-0.39, 0.29) is 18.5 Å². The molecular formula is C18H20ClN3O3. The molecule has 0 bridgehead atoms. The van der Waals surface area contributed by atoms with Crippen molar-refractivity contribution in [2.45, 2.75) is 6.92 Å². The minimum atomic E-state index is -0.385. The van der Waals surface area contributed by atoms with E-state index in [2.05, 4.69) is 16.0 Å². The summed E-state index contributed by atoms with van der Waals surface area (Å²) in [5, 5.41) is 8.52. The third-order valence-corrected chi connectivity index (χ3v) is 3.73. The van der Waals surface area contributed by atoms with Crippen LogP contribution in [-0.4, -0.2) is 32.1 Å². The number of urea groups is 1. The van der Waals surface area contributed by atoms with Gasteiger partial charge in [0.25, 0.3) is 5.91 Å². The molecule has 132 valence electrons. The molecule has 3 amide bonds. The van der Waals surface area contributed by atoms with E-state index in [1.54, 1.807) is 43.5 Å². The van der Waals surface area contributed by atoms with Crippen LogP contribution >= 0.6 is 11.6 Å². The Morgan fingerprint density at radius 3 is 2.36 bits per heavy atom. The standard InChI is InChI=1S/C18H20ClN3O3/c1-12-3-8-16(15(19)11-12)22-18(24)21-10-9-20-17(23)13-4-6-14(25-2)7-5-13/h3-8,11H,9-10H2,1-2H3,(H,20,23)(H2,21,22,24). The van der Waals surface area contributed by atoms with Crippen LogP contribution in [0, 0.1) is 6.92 Å². The van der Waals surface area contributed by atoms with Gasteiger partial charge in [-0.3, -0.25) is 4.79 Å². The van der Waals surface area contributed by atoms with E-state index in [4.69, 9.17) is 16.3 Å². The van der Waals surface area contributed by atoms with E-state index in [0.717, 1.165) is 5.56 Å². The van der Waals surface area contributed by atoms with Gasteiger partial charge in [-0.1, -0.05) is 17.7 Å². The third-order valence-electron chi connectivity index (χ3n) is 3.42. The predicted molar refractivity (Wildman–Crippen MR) is 98.5 cm³/mol. The van der Waals surface area contributed by atoms with Crippen LogP contribution in [0.4, 0.5) is 10.5 Å². The largest absolute Gasteiger partial charge is 0.497 e. The maximum Gasteiger partial charge on any atom is 0.319 e. The molecule has 0 radical (unpaired) electrons. The van der Waals surface area contributed by atoms with Gasteiger partial charge in [-0.05, 0) is 48.9 Å². The highest BCUT2D eigenvalue weighted by molar-refractivity contribution is 6.33. The summed E-state index contributed by atoms with van der Waals surface area (Å²) >= 11 is 6.06. The van der Waals surface area contributed by atoms with Gasteiger partial charge in [0, 0.05) is 18.7 Å². The number of rotatable bonds is 6. The first-order valence-corrected chi connectivity index (χ1v) is 8.10. The average molecular weight is 362 g/mol. The molecule has 7 heteroatoms. The summed E-state index contributed by atoms with van der Waals surface area (Å²) < 4.78 is 5.04. The monoisotopic (exact) mass is 361 g/mol. The molecule has 0 aliphatic heterocycles. The smallest absolute Gasteiger partial charge is 0.319 e. The number of ether oxygens (including phenoxy) is 1. The number of carbonyl (C=O) groups excluding carboxylic acids is 2. The first-order valence-electron chi connectivity index (χ1n) is 7.73. The number of carbonyl (C=O) groups is 2. The summed E-state index contributed by atoms with van der Waals surface area (Å²) in [7, 11) is 1.57. The van der Waals surface area contributed by atoms with Crippen LogP contribution in [0.25, 0.3) is 0 Å². The number of nitrogens with one attached hydrogen (secondary N) is 3. The van der Waals surface area contributed by atoms with Crippen LogP contribution in [0.1, 0.15) is 15.9 Å². The molecule has 0 saturated heterocycles. The molecule has 2 aromatic carbocycles. The average Bonchev–Trinajstić information content (AvgIpc) is 2.61. The highest BCUT2D eigenvalue weighted by Gasteiger charge is 2.07. The van der Waals surface area contributed by atoms with Crippen molar-refractivity contribution in [2.24, 2.45) is 0 Å². The highest BCUT2D eigenvalue weighted by atomic mass is 35.5.